The van der Waals surface area contributed by atoms with E-state index in [1.807, 2.05) is 0 Å². The van der Waals surface area contributed by atoms with Crippen LogP contribution in [-0.4, -0.2) is 132 Å². The first-order valence-electron chi connectivity index (χ1n) is 3.06. The van der Waals surface area contributed by atoms with Gasteiger partial charge in [0, 0.05) is 0 Å². The van der Waals surface area contributed by atoms with Gasteiger partial charge in [0.1, 0.15) is 0 Å². The SMILES string of the molecule is [Al+3].[Al+3].[Ba+2].[Ba+2].[O]=[Ti]([O-])[O-].[O]=[Ti]([O-])[O-].[O]=[Ti]([O-])[O-].[O]=[Ti]([O-])[O-].[O]=[Ti]([O-])[O-]. The molecule has 0 aliphatic heterocycles. The minimum atomic E-state index is -4.08. The molecular weight excluding hydrogens is 808 g/mol. The van der Waals surface area contributed by atoms with Crippen molar-refractivity contribution >= 4 is 132 Å². The summed E-state index contributed by atoms with van der Waals surface area (Å²) in [7, 11) is 0. The molecular formula is Al2Ba2O15Ti5. The van der Waals surface area contributed by atoms with Gasteiger partial charge in [-0.25, -0.2) is 0 Å². The Morgan fingerprint density at radius 2 is 0.333 bits per heavy atom. The third-order valence-electron chi connectivity index (χ3n) is 0. The molecule has 0 saturated carbocycles. The van der Waals surface area contributed by atoms with E-state index in [-0.39, 0.29) is 132 Å². The number of hydrogen-bond donors (Lipinski definition) is 0. The first kappa shape index (κ1) is 57.4. The van der Waals surface area contributed by atoms with Crippen molar-refractivity contribution in [1.29, 1.82) is 0 Å². The van der Waals surface area contributed by atoms with Crippen LogP contribution in [0.25, 0.3) is 0 Å². The summed E-state index contributed by atoms with van der Waals surface area (Å²) in [6.07, 6.45) is 0. The summed E-state index contributed by atoms with van der Waals surface area (Å²) < 4.78 is 129. The van der Waals surface area contributed by atoms with Crippen LogP contribution in [-0.2, 0) is 110 Å². The van der Waals surface area contributed by atoms with Gasteiger partial charge in [-0.15, -0.1) is 0 Å². The summed E-state index contributed by atoms with van der Waals surface area (Å²) in [5.74, 6) is 0. The number of hydrogen-bond acceptors (Lipinski definition) is 15. The fourth-order valence-electron chi connectivity index (χ4n) is 0. The normalized spacial score (nSPS) is 5.42. The number of rotatable bonds is 0. The molecule has 0 aliphatic carbocycles. The molecule has 0 radical (unpaired) electrons. The molecule has 24 heavy (non-hydrogen) atoms. The Bertz CT molecular complexity index is 221. The van der Waals surface area contributed by atoms with Gasteiger partial charge in [0.15, 0.2) is 0 Å². The Kier molecular flexibility index (Phi) is 124. The van der Waals surface area contributed by atoms with E-state index in [4.69, 9.17) is 53.5 Å². The third-order valence-corrected chi connectivity index (χ3v) is 0. The van der Waals surface area contributed by atoms with E-state index in [9.17, 15) is 0 Å². The Morgan fingerprint density at radius 1 is 0.333 bits per heavy atom. The minimum absolute atomic E-state index is 0. The molecule has 0 bridgehead atoms. The summed E-state index contributed by atoms with van der Waals surface area (Å²) in [6, 6.07) is 0. The molecule has 0 atom stereocenters. The van der Waals surface area contributed by atoms with Gasteiger partial charge in [0.2, 0.25) is 0 Å². The first-order valence-corrected chi connectivity index (χ1v) is 12.6. The van der Waals surface area contributed by atoms with Crippen LogP contribution in [0.4, 0.5) is 0 Å². The Labute approximate surface area is 271 Å². The molecule has 0 unspecified atom stereocenters. The van der Waals surface area contributed by atoms with Gasteiger partial charge in [0.25, 0.3) is 0 Å². The molecule has 0 fully saturated rings. The predicted octanol–water partition coefficient (Wildman–Crippen LogP) is -14.0. The molecule has 0 aliphatic rings. The van der Waals surface area contributed by atoms with Crippen LogP contribution < -0.4 is 36.9 Å². The molecule has 120 valence electrons. The second-order valence-corrected chi connectivity index (χ2v) is 5.15. The maximum atomic E-state index is 8.58. The van der Waals surface area contributed by atoms with Gasteiger partial charge in [-0.3, -0.25) is 0 Å². The van der Waals surface area contributed by atoms with Crippen molar-refractivity contribution in [2.45, 2.75) is 0 Å². The summed E-state index contributed by atoms with van der Waals surface area (Å²) in [5.41, 5.74) is 0. The first-order chi connectivity index (χ1) is 8.66. The summed E-state index contributed by atoms with van der Waals surface area (Å²) in [5, 5.41) is 0. The molecule has 0 N–H and O–H groups in total. The topological polar surface area (TPSA) is 316 Å². The fraction of sp³-hybridized carbons (Fsp3) is 0. The van der Waals surface area contributed by atoms with Gasteiger partial charge in [-0.05, 0) is 0 Å². The van der Waals surface area contributed by atoms with Crippen LogP contribution in [0.2, 0.25) is 0 Å². The zero-order chi connectivity index (χ0) is 17.9. The maximum absolute atomic E-state index is 8.58. The van der Waals surface area contributed by atoms with E-state index >= 15 is 0 Å². The molecule has 0 heterocycles. The van der Waals surface area contributed by atoms with Crippen LogP contribution in [0, 0.1) is 0 Å². The van der Waals surface area contributed by atoms with Crippen molar-refractivity contribution in [1.82, 2.24) is 0 Å². The average molecular weight is 808 g/mol. The van der Waals surface area contributed by atoms with Crippen LogP contribution in [0.3, 0.4) is 0 Å². The van der Waals surface area contributed by atoms with Crippen molar-refractivity contribution in [3.8, 4) is 0 Å². The van der Waals surface area contributed by atoms with Crippen LogP contribution in [0.15, 0.2) is 0 Å². The van der Waals surface area contributed by atoms with E-state index in [0.717, 1.165) is 0 Å². The second kappa shape index (κ2) is 51.8. The van der Waals surface area contributed by atoms with Crippen LogP contribution >= 0.6 is 0 Å². The van der Waals surface area contributed by atoms with Gasteiger partial charge in [-0.1, -0.05) is 0 Å². The molecule has 0 saturated heterocycles. The quantitative estimate of drug-likeness (QED) is 0.205. The Balaban J connectivity index is -0.0000000161. The van der Waals surface area contributed by atoms with E-state index in [2.05, 4.69) is 0 Å². The summed E-state index contributed by atoms with van der Waals surface area (Å²) in [4.78, 5) is 0. The molecule has 0 amide bonds. The van der Waals surface area contributed by atoms with E-state index in [1.165, 1.54) is 0 Å². The fourth-order valence-corrected chi connectivity index (χ4v) is 0. The molecule has 15 nitrogen and oxygen atoms in total. The molecule has 0 spiro atoms. The zero-order valence-corrected chi connectivity index (χ0v) is 30.2. The molecule has 0 rings (SSSR count). The van der Waals surface area contributed by atoms with Crippen molar-refractivity contribution in [2.75, 3.05) is 0 Å². The zero-order valence-electron chi connectivity index (χ0n) is 11.2. The van der Waals surface area contributed by atoms with E-state index in [0.29, 0.717) is 0 Å². The summed E-state index contributed by atoms with van der Waals surface area (Å²) >= 11 is -20.4. The van der Waals surface area contributed by atoms with Crippen LogP contribution in [0.1, 0.15) is 0 Å². The van der Waals surface area contributed by atoms with Crippen molar-refractivity contribution in [2.24, 2.45) is 0 Å². The van der Waals surface area contributed by atoms with Crippen molar-refractivity contribution < 1.29 is 147 Å². The summed E-state index contributed by atoms with van der Waals surface area (Å²) in [6.45, 7) is 0. The van der Waals surface area contributed by atoms with Crippen LogP contribution in [0.5, 0.6) is 0 Å². The van der Waals surface area contributed by atoms with Crippen molar-refractivity contribution in [3.63, 3.8) is 0 Å². The molecule has 0 aromatic rings. The van der Waals surface area contributed by atoms with Crippen molar-refractivity contribution in [3.05, 3.63) is 0 Å². The average Bonchev–Trinajstić information content (AvgIpc) is 1.94. The predicted molar refractivity (Wildman–Crippen MR) is 26.4 cm³/mol. The standard InChI is InChI=1S/2Al.2Ba.15O.5Ti/q2*+3;2*+2;;;;;;10*-1;;;;;. The Hall–Kier alpha value is 6.38. The van der Waals surface area contributed by atoms with Gasteiger partial charge >= 0.3 is 279 Å². The molecule has 0 aromatic carbocycles. The van der Waals surface area contributed by atoms with E-state index < -0.39 is 93.1 Å². The molecule has 24 heteroatoms. The van der Waals surface area contributed by atoms with Gasteiger partial charge < -0.3 is 0 Å². The van der Waals surface area contributed by atoms with E-state index in [1.54, 1.807) is 0 Å². The third kappa shape index (κ3) is 523. The Morgan fingerprint density at radius 3 is 0.333 bits per heavy atom. The van der Waals surface area contributed by atoms with Gasteiger partial charge in [0.05, 0.1) is 0 Å². The van der Waals surface area contributed by atoms with Gasteiger partial charge in [-0.2, -0.15) is 0 Å². The monoisotopic (exact) mass is 809 g/mol. The molecule has 0 aromatic heterocycles. The second-order valence-electron chi connectivity index (χ2n) is 1.25.